The van der Waals surface area contributed by atoms with Gasteiger partial charge in [0.25, 0.3) is 25.9 Å². The van der Waals surface area contributed by atoms with Crippen molar-refractivity contribution >= 4 is 41.6 Å². The van der Waals surface area contributed by atoms with Crippen molar-refractivity contribution in [2.24, 2.45) is 0 Å². The van der Waals surface area contributed by atoms with Crippen molar-refractivity contribution in [1.29, 1.82) is 0 Å². The highest BCUT2D eigenvalue weighted by Crippen LogP contribution is 2.35. The Morgan fingerprint density at radius 1 is 1.00 bits per heavy atom. The van der Waals surface area contributed by atoms with Crippen LogP contribution in [0.4, 0.5) is 11.4 Å². The number of aryl methyl sites for hydroxylation is 1. The van der Waals surface area contributed by atoms with Gasteiger partial charge in [0.1, 0.15) is 4.90 Å². The SMILES string of the molecule is Cc1cc([N+](=O)[O-])cc(S(=O)(=O)N2CC[NH+](C)CC2)c1N(CCOS(C)(=O)=O)CCOS(C)(=O)=O. The fourth-order valence-electron chi connectivity index (χ4n) is 3.62. The maximum atomic E-state index is 13.6. The van der Waals surface area contributed by atoms with E-state index in [0.29, 0.717) is 13.1 Å². The van der Waals surface area contributed by atoms with Crippen LogP contribution in [0.3, 0.4) is 0 Å². The molecule has 17 heteroatoms. The zero-order valence-corrected chi connectivity index (χ0v) is 22.4. The number of hydrogen-bond donors (Lipinski definition) is 1. The van der Waals surface area contributed by atoms with Crippen LogP contribution in [0.5, 0.6) is 0 Å². The molecule has 1 saturated heterocycles. The number of benzene rings is 1. The number of likely N-dealkylation sites (N-methyl/N-ethyl adjacent to an activating group) is 1. The second-order valence-electron chi connectivity index (χ2n) is 8.27. The summed E-state index contributed by atoms with van der Waals surface area (Å²) in [7, 11) is -9.88. The number of nitro benzene ring substituents is 1. The summed E-state index contributed by atoms with van der Waals surface area (Å²) in [6, 6.07) is 2.16. The number of quaternary nitrogens is 1. The van der Waals surface area contributed by atoms with Gasteiger partial charge in [-0.1, -0.05) is 0 Å². The van der Waals surface area contributed by atoms with Gasteiger partial charge in [-0.15, -0.1) is 0 Å². The van der Waals surface area contributed by atoms with Gasteiger partial charge in [-0.25, -0.2) is 8.42 Å². The molecule has 0 bridgehead atoms. The molecule has 1 fully saturated rings. The van der Waals surface area contributed by atoms with E-state index in [4.69, 9.17) is 8.37 Å². The summed E-state index contributed by atoms with van der Waals surface area (Å²) in [6.45, 7) is 1.96. The quantitative estimate of drug-likeness (QED) is 0.173. The Balaban J connectivity index is 2.57. The molecule has 0 atom stereocenters. The molecule has 0 amide bonds. The van der Waals surface area contributed by atoms with Gasteiger partial charge in [0.05, 0.1) is 69.6 Å². The first-order valence-corrected chi connectivity index (χ1v) is 15.6. The molecule has 1 aromatic carbocycles. The Bertz CT molecular complexity index is 1200. The van der Waals surface area contributed by atoms with Crippen LogP contribution in [0.1, 0.15) is 5.56 Å². The van der Waals surface area contributed by atoms with Gasteiger partial charge < -0.3 is 9.80 Å². The number of piperazine rings is 1. The molecule has 1 N–H and O–H groups in total. The maximum absolute atomic E-state index is 13.6. The molecule has 0 spiro atoms. The first-order chi connectivity index (χ1) is 16.0. The maximum Gasteiger partial charge on any atom is 0.271 e. The summed E-state index contributed by atoms with van der Waals surface area (Å²) in [5.41, 5.74) is -0.114. The van der Waals surface area contributed by atoms with Gasteiger partial charge in [-0.05, 0) is 12.5 Å². The molecule has 200 valence electrons. The minimum absolute atomic E-state index is 0.0797. The molecule has 35 heavy (non-hydrogen) atoms. The number of nitrogens with zero attached hydrogens (tertiary/aromatic N) is 3. The smallest absolute Gasteiger partial charge is 0.271 e. The van der Waals surface area contributed by atoms with Crippen LogP contribution in [0, 0.1) is 17.0 Å². The molecule has 1 aliphatic rings. The predicted octanol–water partition coefficient (Wildman–Crippen LogP) is -1.82. The van der Waals surface area contributed by atoms with Crippen LogP contribution in [0.15, 0.2) is 17.0 Å². The van der Waals surface area contributed by atoms with E-state index in [1.807, 2.05) is 7.05 Å². The molecule has 0 aromatic heterocycles. The largest absolute Gasteiger partial charge is 0.365 e. The highest BCUT2D eigenvalue weighted by atomic mass is 32.2. The van der Waals surface area contributed by atoms with Crippen molar-refractivity contribution in [2.45, 2.75) is 11.8 Å². The number of rotatable bonds is 12. The van der Waals surface area contributed by atoms with Gasteiger partial charge in [0.15, 0.2) is 0 Å². The first-order valence-electron chi connectivity index (χ1n) is 10.6. The zero-order valence-electron chi connectivity index (χ0n) is 20.0. The van der Waals surface area contributed by atoms with Crippen molar-refractivity contribution < 1.29 is 43.4 Å². The van der Waals surface area contributed by atoms with E-state index in [9.17, 15) is 35.4 Å². The molecule has 14 nitrogen and oxygen atoms in total. The number of anilines is 1. The average Bonchev–Trinajstić information content (AvgIpc) is 2.70. The van der Waals surface area contributed by atoms with Gasteiger partial charge in [0, 0.05) is 25.2 Å². The standard InChI is InChI=1S/C18H30N4O10S3/c1-15-13-16(22(23)24)14-17(35(29,30)21-7-5-19(2)6-8-21)18(15)20(9-11-31-33(3,25)26)10-12-32-34(4,27)28/h13-14H,5-12H2,1-4H3/p+1. The molecule has 0 saturated carbocycles. The van der Waals surface area contributed by atoms with Crippen LogP contribution in [-0.4, -0.2) is 107 Å². The third kappa shape index (κ3) is 8.62. The van der Waals surface area contributed by atoms with Crippen LogP contribution >= 0.6 is 0 Å². The van der Waals surface area contributed by atoms with Gasteiger partial charge in [-0.2, -0.15) is 21.1 Å². The molecule has 0 aliphatic carbocycles. The number of sulfonamides is 1. The van der Waals surface area contributed by atoms with Gasteiger partial charge in [0.2, 0.25) is 10.0 Å². The van der Waals surface area contributed by atoms with E-state index >= 15 is 0 Å². The Morgan fingerprint density at radius 2 is 1.49 bits per heavy atom. The molecule has 1 heterocycles. The van der Waals surface area contributed by atoms with E-state index in [2.05, 4.69) is 0 Å². The number of nitrogens with one attached hydrogen (secondary N) is 1. The molecule has 0 radical (unpaired) electrons. The summed E-state index contributed by atoms with van der Waals surface area (Å²) in [5, 5.41) is 11.5. The van der Waals surface area contributed by atoms with E-state index < -0.39 is 40.9 Å². The summed E-state index contributed by atoms with van der Waals surface area (Å²) in [6.07, 6.45) is 1.71. The van der Waals surface area contributed by atoms with Crippen LogP contribution in [-0.2, 0) is 38.6 Å². The van der Waals surface area contributed by atoms with E-state index in [1.54, 1.807) is 0 Å². The van der Waals surface area contributed by atoms with Crippen LogP contribution < -0.4 is 9.80 Å². The molecule has 1 aliphatic heterocycles. The lowest BCUT2D eigenvalue weighted by Crippen LogP contribution is -3.12. The van der Waals surface area contributed by atoms with E-state index in [1.165, 1.54) is 22.2 Å². The summed E-state index contributed by atoms with van der Waals surface area (Å²) < 4.78 is 83.7. The van der Waals surface area contributed by atoms with Crippen molar-refractivity contribution in [3.05, 3.63) is 27.8 Å². The fourth-order valence-corrected chi connectivity index (χ4v) is 6.12. The second-order valence-corrected chi connectivity index (χ2v) is 13.5. The normalized spacial score (nSPS) is 16.3. The minimum Gasteiger partial charge on any atom is -0.365 e. The van der Waals surface area contributed by atoms with Gasteiger partial charge >= 0.3 is 0 Å². The lowest BCUT2D eigenvalue weighted by Gasteiger charge is -2.32. The van der Waals surface area contributed by atoms with Crippen molar-refractivity contribution in [3.63, 3.8) is 0 Å². The monoisotopic (exact) mass is 559 g/mol. The third-order valence-electron chi connectivity index (χ3n) is 5.29. The Labute approximate surface area is 205 Å². The average molecular weight is 560 g/mol. The minimum atomic E-state index is -4.19. The topological polar surface area (TPSA) is 175 Å². The lowest BCUT2D eigenvalue weighted by atomic mass is 10.1. The summed E-state index contributed by atoms with van der Waals surface area (Å²) in [4.78, 5) is 13.0. The summed E-state index contributed by atoms with van der Waals surface area (Å²) in [5.74, 6) is 0. The lowest BCUT2D eigenvalue weighted by molar-refractivity contribution is -0.883. The highest BCUT2D eigenvalue weighted by Gasteiger charge is 2.34. The van der Waals surface area contributed by atoms with E-state index in [0.717, 1.165) is 23.5 Å². The first kappa shape index (κ1) is 29.3. The predicted molar refractivity (Wildman–Crippen MR) is 127 cm³/mol. The molecule has 0 unspecified atom stereocenters. The molecule has 1 aromatic rings. The van der Waals surface area contributed by atoms with E-state index in [-0.39, 0.29) is 55.5 Å². The summed E-state index contributed by atoms with van der Waals surface area (Å²) >= 11 is 0. The van der Waals surface area contributed by atoms with Crippen molar-refractivity contribution in [3.8, 4) is 0 Å². The molecular weight excluding hydrogens is 528 g/mol. The molecular formula is C18H31N4O10S3+. The fraction of sp³-hybridized carbons (Fsp3) is 0.667. The molecule has 2 rings (SSSR count). The van der Waals surface area contributed by atoms with Crippen LogP contribution in [0.25, 0.3) is 0 Å². The zero-order chi connectivity index (χ0) is 26.6. The van der Waals surface area contributed by atoms with Crippen molar-refractivity contribution in [1.82, 2.24) is 4.31 Å². The Morgan fingerprint density at radius 3 is 1.91 bits per heavy atom. The van der Waals surface area contributed by atoms with Gasteiger partial charge in [-0.3, -0.25) is 18.5 Å². The number of hydrogen-bond acceptors (Lipinski definition) is 11. The number of non-ortho nitro benzene ring substituents is 1. The Hall–Kier alpha value is -1.89. The van der Waals surface area contributed by atoms with Crippen molar-refractivity contribution in [2.75, 3.05) is 76.9 Å². The second kappa shape index (κ2) is 11.4. The third-order valence-corrected chi connectivity index (χ3v) is 8.39. The Kier molecular flexibility index (Phi) is 9.59. The number of nitro groups is 1. The highest BCUT2D eigenvalue weighted by molar-refractivity contribution is 7.89. The van der Waals surface area contributed by atoms with Crippen LogP contribution in [0.2, 0.25) is 0 Å².